The fraction of sp³-hybridized carbons (Fsp3) is 0.261. The first-order valence-electron chi connectivity index (χ1n) is 10.7. The highest BCUT2D eigenvalue weighted by molar-refractivity contribution is 7.19. The third kappa shape index (κ3) is 6.03. The number of morpholine rings is 1. The summed E-state index contributed by atoms with van der Waals surface area (Å²) in [6, 6.07) is 9.64. The number of hydrogen-bond acceptors (Lipinski definition) is 11. The van der Waals surface area contributed by atoms with Gasteiger partial charge in [-0.15, -0.1) is 10.2 Å². The first-order chi connectivity index (χ1) is 17.1. The Labute approximate surface area is 204 Å². The summed E-state index contributed by atoms with van der Waals surface area (Å²) in [7, 11) is 0. The molecule has 35 heavy (non-hydrogen) atoms. The molecule has 4 rings (SSSR count). The van der Waals surface area contributed by atoms with Gasteiger partial charge in [-0.25, -0.2) is 4.79 Å². The number of nitrogens with one attached hydrogen (secondary N) is 1. The number of amides is 1. The summed E-state index contributed by atoms with van der Waals surface area (Å²) in [5.41, 5.74) is 0.361. The number of ether oxygens (including phenoxy) is 3. The number of carbonyl (C=O) groups excluding carboxylic acids is 2. The summed E-state index contributed by atoms with van der Waals surface area (Å²) in [4.78, 5) is 26.9. The van der Waals surface area contributed by atoms with Gasteiger partial charge in [-0.05, 0) is 42.8 Å². The lowest BCUT2D eigenvalue weighted by Crippen LogP contribution is -2.36. The van der Waals surface area contributed by atoms with E-state index >= 15 is 0 Å². The van der Waals surface area contributed by atoms with Crippen LogP contribution in [0.5, 0.6) is 11.5 Å². The van der Waals surface area contributed by atoms with Gasteiger partial charge in [0.15, 0.2) is 11.5 Å². The summed E-state index contributed by atoms with van der Waals surface area (Å²) in [6.07, 6.45) is 2.77. The number of nitriles is 1. The molecule has 1 amide bonds. The van der Waals surface area contributed by atoms with Gasteiger partial charge >= 0.3 is 5.97 Å². The molecule has 0 saturated carbocycles. The average molecular weight is 496 g/mol. The Morgan fingerprint density at radius 3 is 2.80 bits per heavy atom. The number of hydrogen-bond donors (Lipinski definition) is 1. The van der Waals surface area contributed by atoms with Crippen LogP contribution in [0, 0.1) is 11.3 Å². The summed E-state index contributed by atoms with van der Waals surface area (Å²) >= 11 is 1.22. The van der Waals surface area contributed by atoms with Gasteiger partial charge in [0.2, 0.25) is 16.0 Å². The van der Waals surface area contributed by atoms with Gasteiger partial charge in [-0.1, -0.05) is 17.4 Å². The van der Waals surface area contributed by atoms with Crippen molar-refractivity contribution in [3.8, 4) is 17.6 Å². The number of anilines is 2. The summed E-state index contributed by atoms with van der Waals surface area (Å²) in [6.45, 7) is 4.69. The largest absolute Gasteiger partial charge is 0.490 e. The molecular formula is C23H21N5O6S. The van der Waals surface area contributed by atoms with Crippen LogP contribution in [0.1, 0.15) is 23.0 Å². The molecule has 3 heterocycles. The standard InChI is InChI=1S/C23H21N5O6S/c1-2-32-19-13-15(5-6-17(19)34-21(30)18-4-3-9-33-18)12-16(14-24)20(29)25-22-26-27-23(35-22)28-7-10-31-11-8-28/h3-6,9,12-13H,2,7-8,10-11H2,1H3,(H,25,26,29)/b16-12-. The van der Waals surface area contributed by atoms with Gasteiger partial charge in [0, 0.05) is 13.1 Å². The van der Waals surface area contributed by atoms with Crippen LogP contribution in [-0.4, -0.2) is 55.0 Å². The molecule has 1 aliphatic rings. The number of furan rings is 1. The van der Waals surface area contributed by atoms with Crippen molar-refractivity contribution < 1.29 is 28.2 Å². The van der Waals surface area contributed by atoms with Gasteiger partial charge in [0.05, 0.1) is 26.1 Å². The third-order valence-electron chi connectivity index (χ3n) is 4.79. The fourth-order valence-electron chi connectivity index (χ4n) is 3.14. The van der Waals surface area contributed by atoms with Crippen molar-refractivity contribution in [3.05, 3.63) is 53.5 Å². The molecule has 0 radical (unpaired) electrons. The van der Waals surface area contributed by atoms with E-state index < -0.39 is 11.9 Å². The van der Waals surface area contributed by atoms with Crippen molar-refractivity contribution in [3.63, 3.8) is 0 Å². The summed E-state index contributed by atoms with van der Waals surface area (Å²) in [5, 5.41) is 21.2. The highest BCUT2D eigenvalue weighted by Crippen LogP contribution is 2.30. The molecule has 0 bridgehead atoms. The van der Waals surface area contributed by atoms with Crippen LogP contribution in [0.3, 0.4) is 0 Å². The van der Waals surface area contributed by atoms with Gasteiger partial charge in [0.1, 0.15) is 11.6 Å². The first kappa shape index (κ1) is 23.9. The molecule has 2 aromatic heterocycles. The Hall–Kier alpha value is -4.21. The monoisotopic (exact) mass is 495 g/mol. The molecule has 0 aliphatic carbocycles. The molecule has 11 nitrogen and oxygen atoms in total. The lowest BCUT2D eigenvalue weighted by atomic mass is 10.1. The Morgan fingerprint density at radius 1 is 1.26 bits per heavy atom. The number of rotatable bonds is 8. The molecule has 1 N–H and O–H groups in total. The molecular weight excluding hydrogens is 474 g/mol. The minimum Gasteiger partial charge on any atom is -0.490 e. The van der Waals surface area contributed by atoms with Crippen LogP contribution in [0.2, 0.25) is 0 Å². The lowest BCUT2D eigenvalue weighted by Gasteiger charge is -2.25. The molecule has 180 valence electrons. The lowest BCUT2D eigenvalue weighted by molar-refractivity contribution is -0.112. The predicted molar refractivity (Wildman–Crippen MR) is 126 cm³/mol. The molecule has 1 fully saturated rings. The van der Waals surface area contributed by atoms with Gasteiger partial charge in [0.25, 0.3) is 5.91 Å². The maximum atomic E-state index is 12.7. The van der Waals surface area contributed by atoms with E-state index in [9.17, 15) is 14.9 Å². The Morgan fingerprint density at radius 2 is 2.09 bits per heavy atom. The molecule has 1 aliphatic heterocycles. The fourth-order valence-corrected chi connectivity index (χ4v) is 3.93. The molecule has 0 atom stereocenters. The van der Waals surface area contributed by atoms with Crippen molar-refractivity contribution >= 4 is 39.6 Å². The number of aromatic nitrogens is 2. The first-order valence-corrected chi connectivity index (χ1v) is 11.5. The molecule has 0 unspecified atom stereocenters. The minimum atomic E-state index is -0.676. The number of benzene rings is 1. The number of nitrogens with zero attached hydrogens (tertiary/aromatic N) is 4. The molecule has 3 aromatic rings. The zero-order valence-electron chi connectivity index (χ0n) is 18.7. The molecule has 12 heteroatoms. The van der Waals surface area contributed by atoms with Crippen LogP contribution in [0.25, 0.3) is 6.08 Å². The van der Waals surface area contributed by atoms with E-state index in [0.29, 0.717) is 43.6 Å². The third-order valence-corrected chi connectivity index (χ3v) is 5.68. The van der Waals surface area contributed by atoms with Crippen LogP contribution < -0.4 is 19.7 Å². The van der Waals surface area contributed by atoms with E-state index in [-0.39, 0.29) is 28.0 Å². The van der Waals surface area contributed by atoms with Gasteiger partial charge < -0.3 is 23.5 Å². The minimum absolute atomic E-state index is 0.0494. The molecule has 1 saturated heterocycles. The quantitative estimate of drug-likeness (QED) is 0.214. The van der Waals surface area contributed by atoms with Crippen molar-refractivity contribution in [2.24, 2.45) is 0 Å². The van der Waals surface area contributed by atoms with Crippen LogP contribution >= 0.6 is 11.3 Å². The van der Waals surface area contributed by atoms with E-state index in [2.05, 4.69) is 15.5 Å². The van der Waals surface area contributed by atoms with Crippen LogP contribution in [0.15, 0.2) is 46.6 Å². The Balaban J connectivity index is 1.48. The van der Waals surface area contributed by atoms with E-state index in [1.807, 2.05) is 11.0 Å². The second-order valence-corrected chi connectivity index (χ2v) is 8.08. The Bertz CT molecular complexity index is 1260. The van der Waals surface area contributed by atoms with Crippen LogP contribution in [-0.2, 0) is 9.53 Å². The van der Waals surface area contributed by atoms with Crippen LogP contribution in [0.4, 0.5) is 10.3 Å². The van der Waals surface area contributed by atoms with Gasteiger partial charge in [-0.3, -0.25) is 10.1 Å². The van der Waals surface area contributed by atoms with E-state index in [1.165, 1.54) is 35.8 Å². The van der Waals surface area contributed by atoms with Crippen molar-refractivity contribution in [2.75, 3.05) is 43.1 Å². The highest BCUT2D eigenvalue weighted by atomic mass is 32.1. The average Bonchev–Trinajstić information content (AvgIpc) is 3.57. The Kier molecular flexibility index (Phi) is 7.71. The van der Waals surface area contributed by atoms with Crippen molar-refractivity contribution in [2.45, 2.75) is 6.92 Å². The molecule has 1 aromatic carbocycles. The summed E-state index contributed by atoms with van der Waals surface area (Å²) in [5.74, 6) is -0.794. The van der Waals surface area contributed by atoms with Crippen molar-refractivity contribution in [1.29, 1.82) is 5.26 Å². The maximum Gasteiger partial charge on any atom is 0.379 e. The molecule has 0 spiro atoms. The normalized spacial score (nSPS) is 13.7. The second kappa shape index (κ2) is 11.3. The topological polar surface area (TPSA) is 140 Å². The number of esters is 1. The SMILES string of the molecule is CCOc1cc(/C=C(/C#N)C(=O)Nc2nnc(N3CCOCC3)s2)ccc1OC(=O)c1ccco1. The zero-order chi connectivity index (χ0) is 24.6. The predicted octanol–water partition coefficient (Wildman–Crippen LogP) is 3.13. The second-order valence-electron chi connectivity index (χ2n) is 7.12. The van der Waals surface area contributed by atoms with E-state index in [4.69, 9.17) is 18.6 Å². The smallest absolute Gasteiger partial charge is 0.379 e. The van der Waals surface area contributed by atoms with Crippen molar-refractivity contribution in [1.82, 2.24) is 10.2 Å². The maximum absolute atomic E-state index is 12.7. The summed E-state index contributed by atoms with van der Waals surface area (Å²) < 4.78 is 21.3. The highest BCUT2D eigenvalue weighted by Gasteiger charge is 2.19. The number of carbonyl (C=O) groups is 2. The zero-order valence-corrected chi connectivity index (χ0v) is 19.5. The van der Waals surface area contributed by atoms with Gasteiger partial charge in [-0.2, -0.15) is 5.26 Å². The van der Waals surface area contributed by atoms with E-state index in [1.54, 1.807) is 25.1 Å². The van der Waals surface area contributed by atoms with E-state index in [0.717, 1.165) is 0 Å².